The second kappa shape index (κ2) is 6.20. The number of carbonyl (C=O) groups is 1. The molecule has 3 rings (SSSR count). The van der Waals surface area contributed by atoms with Crippen LogP contribution in [-0.4, -0.2) is 48.2 Å². The molecule has 3 aliphatic heterocycles. The summed E-state index contributed by atoms with van der Waals surface area (Å²) in [6.45, 7) is 6.31. The van der Waals surface area contributed by atoms with Crippen LogP contribution in [0.1, 0.15) is 46.0 Å². The van der Waals surface area contributed by atoms with Gasteiger partial charge in [0.25, 0.3) is 0 Å². The predicted octanol–water partition coefficient (Wildman–Crippen LogP) is 1.97. The standard InChI is InChI=1S/C15H26N2O2.ClH/c1-15(2)10-17(5-6-19-15)14(18)9-11-7-12-3-4-13(8-11)16-12;/h11-13,16H,3-10H2,1-2H3;1H. The van der Waals surface area contributed by atoms with Crippen LogP contribution in [0.3, 0.4) is 0 Å². The average molecular weight is 303 g/mol. The van der Waals surface area contributed by atoms with Gasteiger partial charge >= 0.3 is 0 Å². The van der Waals surface area contributed by atoms with E-state index in [1.54, 1.807) is 0 Å². The maximum Gasteiger partial charge on any atom is 0.223 e. The van der Waals surface area contributed by atoms with Gasteiger partial charge in [-0.2, -0.15) is 0 Å². The van der Waals surface area contributed by atoms with E-state index in [4.69, 9.17) is 4.74 Å². The normalized spacial score (nSPS) is 35.5. The Morgan fingerprint density at radius 1 is 1.30 bits per heavy atom. The minimum atomic E-state index is -0.180. The molecule has 0 radical (unpaired) electrons. The van der Waals surface area contributed by atoms with Crippen molar-refractivity contribution >= 4 is 18.3 Å². The fraction of sp³-hybridized carbons (Fsp3) is 0.933. The van der Waals surface area contributed by atoms with Crippen LogP contribution in [0.4, 0.5) is 0 Å². The van der Waals surface area contributed by atoms with E-state index in [9.17, 15) is 4.79 Å². The van der Waals surface area contributed by atoms with Crippen molar-refractivity contribution in [1.29, 1.82) is 0 Å². The Bertz CT molecular complexity index is 350. The van der Waals surface area contributed by atoms with Crippen molar-refractivity contribution in [1.82, 2.24) is 10.2 Å². The SMILES string of the molecule is CC1(C)CN(C(=O)CC2CC3CCC(C2)N3)CCO1.Cl. The predicted molar refractivity (Wildman–Crippen MR) is 81.1 cm³/mol. The first kappa shape index (κ1) is 16.1. The molecule has 2 unspecified atom stereocenters. The first-order valence-electron chi connectivity index (χ1n) is 7.70. The summed E-state index contributed by atoms with van der Waals surface area (Å²) in [7, 11) is 0. The van der Waals surface area contributed by atoms with E-state index in [-0.39, 0.29) is 18.0 Å². The first-order valence-corrected chi connectivity index (χ1v) is 7.70. The van der Waals surface area contributed by atoms with Gasteiger partial charge in [-0.1, -0.05) is 0 Å². The summed E-state index contributed by atoms with van der Waals surface area (Å²) >= 11 is 0. The zero-order valence-electron chi connectivity index (χ0n) is 12.6. The van der Waals surface area contributed by atoms with Crippen molar-refractivity contribution < 1.29 is 9.53 Å². The van der Waals surface area contributed by atoms with E-state index >= 15 is 0 Å². The number of morpholine rings is 1. The topological polar surface area (TPSA) is 41.6 Å². The van der Waals surface area contributed by atoms with Crippen molar-refractivity contribution in [3.63, 3.8) is 0 Å². The number of halogens is 1. The molecule has 3 aliphatic rings. The van der Waals surface area contributed by atoms with Crippen LogP contribution in [0, 0.1) is 5.92 Å². The lowest BCUT2D eigenvalue weighted by Gasteiger charge is -2.39. The monoisotopic (exact) mass is 302 g/mol. The third-order valence-corrected chi connectivity index (χ3v) is 4.81. The number of carbonyl (C=O) groups excluding carboxylic acids is 1. The van der Waals surface area contributed by atoms with E-state index in [1.807, 2.05) is 4.90 Å². The summed E-state index contributed by atoms with van der Waals surface area (Å²) in [5.41, 5.74) is -0.180. The van der Waals surface area contributed by atoms with E-state index < -0.39 is 0 Å². The molecule has 116 valence electrons. The third-order valence-electron chi connectivity index (χ3n) is 4.81. The number of amides is 1. The lowest BCUT2D eigenvalue weighted by atomic mass is 9.89. The van der Waals surface area contributed by atoms with Crippen LogP contribution in [0.2, 0.25) is 0 Å². The number of hydrogen-bond acceptors (Lipinski definition) is 3. The van der Waals surface area contributed by atoms with Gasteiger partial charge in [0.05, 0.1) is 12.2 Å². The molecule has 0 aliphatic carbocycles. The molecule has 0 aromatic rings. The first-order chi connectivity index (χ1) is 9.02. The molecule has 3 fully saturated rings. The molecule has 0 aromatic carbocycles. The highest BCUT2D eigenvalue weighted by Gasteiger charge is 2.36. The Balaban J connectivity index is 0.00000147. The molecule has 2 atom stereocenters. The zero-order chi connectivity index (χ0) is 13.5. The molecule has 3 saturated heterocycles. The van der Waals surface area contributed by atoms with Gasteiger partial charge in [0.15, 0.2) is 0 Å². The third kappa shape index (κ3) is 3.66. The van der Waals surface area contributed by atoms with Gasteiger partial charge in [-0.25, -0.2) is 0 Å². The van der Waals surface area contributed by atoms with Gasteiger partial charge in [0, 0.05) is 31.6 Å². The highest BCUT2D eigenvalue weighted by atomic mass is 35.5. The van der Waals surface area contributed by atoms with E-state index in [1.165, 1.54) is 25.7 Å². The molecule has 20 heavy (non-hydrogen) atoms. The molecule has 0 saturated carbocycles. The van der Waals surface area contributed by atoms with Crippen molar-refractivity contribution in [2.45, 2.75) is 63.6 Å². The largest absolute Gasteiger partial charge is 0.372 e. The number of fused-ring (bicyclic) bond motifs is 2. The number of ether oxygens (including phenoxy) is 1. The van der Waals surface area contributed by atoms with Gasteiger partial charge in [-0.15, -0.1) is 12.4 Å². The fourth-order valence-electron chi connectivity index (χ4n) is 3.95. The maximum atomic E-state index is 12.4. The number of hydrogen-bond donors (Lipinski definition) is 1. The number of rotatable bonds is 2. The smallest absolute Gasteiger partial charge is 0.223 e. The van der Waals surface area contributed by atoms with Gasteiger partial charge in [0.1, 0.15) is 0 Å². The Hall–Kier alpha value is -0.320. The van der Waals surface area contributed by atoms with Crippen molar-refractivity contribution in [3.8, 4) is 0 Å². The Morgan fingerprint density at radius 2 is 1.95 bits per heavy atom. The van der Waals surface area contributed by atoms with Crippen LogP contribution in [0.15, 0.2) is 0 Å². The lowest BCUT2D eigenvalue weighted by molar-refractivity contribution is -0.147. The van der Waals surface area contributed by atoms with Crippen LogP contribution < -0.4 is 5.32 Å². The second-order valence-corrected chi connectivity index (χ2v) is 7.10. The van der Waals surface area contributed by atoms with Crippen LogP contribution in [0.5, 0.6) is 0 Å². The fourth-order valence-corrected chi connectivity index (χ4v) is 3.95. The van der Waals surface area contributed by atoms with E-state index in [2.05, 4.69) is 19.2 Å². The zero-order valence-corrected chi connectivity index (χ0v) is 13.4. The molecule has 1 N–H and O–H groups in total. The number of piperidine rings is 1. The molecule has 3 heterocycles. The van der Waals surface area contributed by atoms with Crippen LogP contribution >= 0.6 is 12.4 Å². The Morgan fingerprint density at radius 3 is 2.55 bits per heavy atom. The van der Waals surface area contributed by atoms with E-state index in [0.717, 1.165) is 19.5 Å². The maximum absolute atomic E-state index is 12.4. The molecular formula is C15H27ClN2O2. The quantitative estimate of drug-likeness (QED) is 0.848. The summed E-state index contributed by atoms with van der Waals surface area (Å²) in [6.07, 6.45) is 5.73. The number of nitrogens with one attached hydrogen (secondary N) is 1. The average Bonchev–Trinajstić information content (AvgIpc) is 2.67. The highest BCUT2D eigenvalue weighted by Crippen LogP contribution is 2.33. The van der Waals surface area contributed by atoms with Gasteiger partial charge < -0.3 is 15.0 Å². The van der Waals surface area contributed by atoms with Crippen LogP contribution in [0.25, 0.3) is 0 Å². The molecule has 5 heteroatoms. The molecular weight excluding hydrogens is 276 g/mol. The minimum absolute atomic E-state index is 0. The summed E-state index contributed by atoms with van der Waals surface area (Å²) in [5.74, 6) is 0.930. The van der Waals surface area contributed by atoms with E-state index in [0.29, 0.717) is 30.5 Å². The van der Waals surface area contributed by atoms with Crippen molar-refractivity contribution in [2.75, 3.05) is 19.7 Å². The summed E-state index contributed by atoms with van der Waals surface area (Å²) in [5, 5.41) is 3.64. The Labute approximate surface area is 128 Å². The summed E-state index contributed by atoms with van der Waals surface area (Å²) in [6, 6.07) is 1.36. The Kier molecular flexibility index (Phi) is 4.98. The van der Waals surface area contributed by atoms with Crippen molar-refractivity contribution in [3.05, 3.63) is 0 Å². The molecule has 0 spiro atoms. The highest BCUT2D eigenvalue weighted by molar-refractivity contribution is 5.85. The van der Waals surface area contributed by atoms with Gasteiger partial charge in [-0.05, 0) is 45.4 Å². The lowest BCUT2D eigenvalue weighted by Crippen LogP contribution is -2.51. The summed E-state index contributed by atoms with van der Waals surface area (Å²) < 4.78 is 5.68. The van der Waals surface area contributed by atoms with Crippen molar-refractivity contribution in [2.24, 2.45) is 5.92 Å². The molecule has 2 bridgehead atoms. The van der Waals surface area contributed by atoms with Gasteiger partial charge in [-0.3, -0.25) is 4.79 Å². The molecule has 4 nitrogen and oxygen atoms in total. The van der Waals surface area contributed by atoms with Gasteiger partial charge in [0.2, 0.25) is 5.91 Å². The summed E-state index contributed by atoms with van der Waals surface area (Å²) in [4.78, 5) is 14.4. The molecule has 0 aromatic heterocycles. The second-order valence-electron chi connectivity index (χ2n) is 7.10. The minimum Gasteiger partial charge on any atom is -0.372 e. The number of nitrogens with zero attached hydrogens (tertiary/aromatic N) is 1. The molecule has 1 amide bonds. The van der Waals surface area contributed by atoms with Crippen LogP contribution in [-0.2, 0) is 9.53 Å².